The van der Waals surface area contributed by atoms with Crippen molar-refractivity contribution in [1.82, 2.24) is 21.3 Å². The zero-order valence-corrected chi connectivity index (χ0v) is 10.1. The van der Waals surface area contributed by atoms with Gasteiger partial charge in [0.05, 0.1) is 0 Å². The molecule has 4 N–H and O–H groups in total. The Bertz CT molecular complexity index is 518. The first-order valence-corrected chi connectivity index (χ1v) is 5.73. The highest BCUT2D eigenvalue weighted by molar-refractivity contribution is 5.88. The topological polar surface area (TPSA) is 82.3 Å². The molecule has 0 aliphatic carbocycles. The summed E-state index contributed by atoms with van der Waals surface area (Å²) in [6.07, 6.45) is 0. The molecule has 18 heavy (non-hydrogen) atoms. The maximum absolute atomic E-state index is 11.6. The van der Waals surface area contributed by atoms with E-state index in [0.717, 1.165) is 11.1 Å². The van der Waals surface area contributed by atoms with Crippen LogP contribution in [0.15, 0.2) is 24.3 Å². The molecule has 2 heterocycles. The van der Waals surface area contributed by atoms with Crippen molar-refractivity contribution in [3.63, 3.8) is 0 Å². The molecule has 2 saturated heterocycles. The number of benzene rings is 1. The van der Waals surface area contributed by atoms with E-state index in [1.165, 1.54) is 0 Å². The van der Waals surface area contributed by atoms with Crippen LogP contribution in [-0.2, 0) is 5.66 Å². The number of carbonyl (C=O) groups is 2. The van der Waals surface area contributed by atoms with Crippen LogP contribution in [0.5, 0.6) is 0 Å². The lowest BCUT2D eigenvalue weighted by Gasteiger charge is -2.34. The molecule has 0 radical (unpaired) electrons. The molecule has 0 bridgehead atoms. The number of fused-ring (bicyclic) bond motifs is 1. The van der Waals surface area contributed by atoms with Crippen molar-refractivity contribution >= 4 is 12.1 Å². The second-order valence-corrected chi connectivity index (χ2v) is 4.90. The highest BCUT2D eigenvalue weighted by Crippen LogP contribution is 2.35. The Morgan fingerprint density at radius 2 is 1.39 bits per heavy atom. The van der Waals surface area contributed by atoms with Crippen LogP contribution < -0.4 is 21.3 Å². The third-order valence-corrected chi connectivity index (χ3v) is 3.56. The summed E-state index contributed by atoms with van der Waals surface area (Å²) in [5.74, 6) is 0. The average Bonchev–Trinajstić information content (AvgIpc) is 2.63. The molecule has 1 aromatic rings. The summed E-state index contributed by atoms with van der Waals surface area (Å²) in [4.78, 5) is 23.2. The number of amides is 4. The molecule has 0 aromatic heterocycles. The van der Waals surface area contributed by atoms with Crippen molar-refractivity contribution in [3.8, 4) is 0 Å². The number of urea groups is 2. The molecule has 6 heteroatoms. The van der Waals surface area contributed by atoms with Crippen molar-refractivity contribution in [2.45, 2.75) is 25.2 Å². The van der Waals surface area contributed by atoms with Gasteiger partial charge in [0.1, 0.15) is 0 Å². The molecule has 0 spiro atoms. The van der Waals surface area contributed by atoms with E-state index in [1.54, 1.807) is 6.92 Å². The highest BCUT2D eigenvalue weighted by atomic mass is 16.2. The predicted octanol–water partition coefficient (Wildman–Crippen LogP) is 0.490. The zero-order chi connectivity index (χ0) is 13.0. The minimum absolute atomic E-state index is 0.314. The SMILES string of the molecule is Cc1ccc(C23NC(=O)NC2(C)NC(=O)N3)cc1. The Hall–Kier alpha value is -2.24. The minimum atomic E-state index is -0.950. The van der Waals surface area contributed by atoms with Crippen LogP contribution in [0.2, 0.25) is 0 Å². The first kappa shape index (κ1) is 10.9. The van der Waals surface area contributed by atoms with Gasteiger partial charge in [-0.1, -0.05) is 29.8 Å². The summed E-state index contributed by atoms with van der Waals surface area (Å²) in [6.45, 7) is 3.75. The zero-order valence-electron chi connectivity index (χ0n) is 10.1. The molecule has 0 saturated carbocycles. The van der Waals surface area contributed by atoms with Gasteiger partial charge in [-0.3, -0.25) is 0 Å². The molecule has 6 nitrogen and oxygen atoms in total. The second-order valence-electron chi connectivity index (χ2n) is 4.90. The molecule has 2 aliphatic heterocycles. The van der Waals surface area contributed by atoms with Crippen molar-refractivity contribution in [1.29, 1.82) is 0 Å². The Morgan fingerprint density at radius 1 is 0.889 bits per heavy atom. The Kier molecular flexibility index (Phi) is 1.91. The van der Waals surface area contributed by atoms with Crippen LogP contribution in [0.3, 0.4) is 0 Å². The fourth-order valence-electron chi connectivity index (χ4n) is 2.59. The van der Waals surface area contributed by atoms with Gasteiger partial charge in [0.25, 0.3) is 0 Å². The number of aryl methyl sites for hydroxylation is 1. The number of carbonyl (C=O) groups excluding carboxylic acids is 2. The second kappa shape index (κ2) is 3.16. The lowest BCUT2D eigenvalue weighted by molar-refractivity contribution is 0.228. The van der Waals surface area contributed by atoms with E-state index in [1.807, 2.05) is 31.2 Å². The van der Waals surface area contributed by atoms with Crippen LogP contribution >= 0.6 is 0 Å². The van der Waals surface area contributed by atoms with Crippen LogP contribution in [-0.4, -0.2) is 17.7 Å². The minimum Gasteiger partial charge on any atom is -0.311 e. The van der Waals surface area contributed by atoms with E-state index in [9.17, 15) is 9.59 Å². The third-order valence-electron chi connectivity index (χ3n) is 3.56. The van der Waals surface area contributed by atoms with E-state index in [2.05, 4.69) is 21.3 Å². The van der Waals surface area contributed by atoms with Gasteiger partial charge < -0.3 is 21.3 Å². The monoisotopic (exact) mass is 246 g/mol. The Labute approximate surface area is 104 Å². The number of nitrogens with one attached hydrogen (secondary N) is 4. The third kappa shape index (κ3) is 1.23. The van der Waals surface area contributed by atoms with Crippen LogP contribution in [0.1, 0.15) is 18.1 Å². The molecule has 2 aliphatic rings. The van der Waals surface area contributed by atoms with Gasteiger partial charge in [-0.15, -0.1) is 0 Å². The fraction of sp³-hybridized carbons (Fsp3) is 0.333. The number of hydrogen-bond donors (Lipinski definition) is 4. The van der Waals surface area contributed by atoms with Crippen molar-refractivity contribution in [2.75, 3.05) is 0 Å². The van der Waals surface area contributed by atoms with Gasteiger partial charge in [0, 0.05) is 5.56 Å². The summed E-state index contributed by atoms with van der Waals surface area (Å²) in [5, 5.41) is 11.0. The van der Waals surface area contributed by atoms with E-state index >= 15 is 0 Å². The van der Waals surface area contributed by atoms with Crippen LogP contribution in [0.4, 0.5) is 9.59 Å². The molecule has 1 aromatic carbocycles. The summed E-state index contributed by atoms with van der Waals surface area (Å²) >= 11 is 0. The molecular formula is C12H14N4O2. The summed E-state index contributed by atoms with van der Waals surface area (Å²) in [7, 11) is 0. The highest BCUT2D eigenvalue weighted by Gasteiger charge is 2.62. The van der Waals surface area contributed by atoms with Gasteiger partial charge in [-0.25, -0.2) is 9.59 Å². The van der Waals surface area contributed by atoms with E-state index in [-0.39, 0.29) is 12.1 Å². The van der Waals surface area contributed by atoms with E-state index in [4.69, 9.17) is 0 Å². The predicted molar refractivity (Wildman–Crippen MR) is 64.6 cm³/mol. The maximum Gasteiger partial charge on any atom is 0.318 e. The molecule has 94 valence electrons. The normalized spacial score (nSPS) is 33.2. The molecule has 0 atom stereocenters. The Morgan fingerprint density at radius 3 is 1.89 bits per heavy atom. The van der Waals surface area contributed by atoms with Gasteiger partial charge >= 0.3 is 12.1 Å². The van der Waals surface area contributed by atoms with Crippen molar-refractivity contribution in [2.24, 2.45) is 0 Å². The number of hydrogen-bond acceptors (Lipinski definition) is 2. The lowest BCUT2D eigenvalue weighted by atomic mass is 9.89. The van der Waals surface area contributed by atoms with Crippen molar-refractivity contribution < 1.29 is 9.59 Å². The summed E-state index contributed by atoms with van der Waals surface area (Å²) in [6, 6.07) is 7.05. The first-order valence-electron chi connectivity index (χ1n) is 5.73. The van der Waals surface area contributed by atoms with Gasteiger partial charge in [-0.05, 0) is 13.8 Å². The quantitative estimate of drug-likeness (QED) is 0.581. The smallest absolute Gasteiger partial charge is 0.311 e. The van der Waals surface area contributed by atoms with Gasteiger partial charge in [0.2, 0.25) is 0 Å². The average molecular weight is 246 g/mol. The van der Waals surface area contributed by atoms with Gasteiger partial charge in [-0.2, -0.15) is 0 Å². The van der Waals surface area contributed by atoms with Crippen LogP contribution in [0.25, 0.3) is 0 Å². The Balaban J connectivity index is 2.13. The molecule has 3 rings (SSSR count). The fourth-order valence-corrected chi connectivity index (χ4v) is 2.59. The van der Waals surface area contributed by atoms with Crippen molar-refractivity contribution in [3.05, 3.63) is 35.4 Å². The lowest BCUT2D eigenvalue weighted by Crippen LogP contribution is -2.61. The maximum atomic E-state index is 11.6. The molecule has 2 fully saturated rings. The molecule has 0 unspecified atom stereocenters. The number of rotatable bonds is 1. The standard InChI is InChI=1S/C12H14N4O2/c1-7-3-5-8(6-4-7)12-11(2,13-9(17)15-12)14-10(18)16-12/h3-6H,1-2H3,(H2,13,15,17)(H2,14,16,18). The summed E-state index contributed by atoms with van der Waals surface area (Å²) < 4.78 is 0. The van der Waals surface area contributed by atoms with E-state index < -0.39 is 11.3 Å². The first-order chi connectivity index (χ1) is 8.45. The molecule has 4 amide bonds. The largest absolute Gasteiger partial charge is 0.318 e. The van der Waals surface area contributed by atoms with E-state index in [0.29, 0.717) is 0 Å². The summed E-state index contributed by atoms with van der Waals surface area (Å²) in [5.41, 5.74) is 0.115. The van der Waals surface area contributed by atoms with Gasteiger partial charge in [0.15, 0.2) is 11.3 Å². The molecular weight excluding hydrogens is 232 g/mol. The van der Waals surface area contributed by atoms with Crippen LogP contribution in [0, 0.1) is 6.92 Å².